The third-order valence-corrected chi connectivity index (χ3v) is 8.94. The molecule has 4 aromatic rings. The van der Waals surface area contributed by atoms with Crippen LogP contribution in [0.15, 0.2) is 77.8 Å². The van der Waals surface area contributed by atoms with Crippen molar-refractivity contribution in [3.63, 3.8) is 0 Å². The fourth-order valence-electron chi connectivity index (χ4n) is 6.19. The van der Waals surface area contributed by atoms with E-state index in [0.29, 0.717) is 49.7 Å². The number of nitrogens with two attached hydrogens (primary N) is 1. The Morgan fingerprint density at radius 2 is 1.84 bits per heavy atom. The number of ketones is 1. The van der Waals surface area contributed by atoms with Crippen molar-refractivity contribution in [1.29, 1.82) is 0 Å². The van der Waals surface area contributed by atoms with Gasteiger partial charge in [0.2, 0.25) is 0 Å². The number of aromatic hydroxyl groups is 1. The molecule has 0 aliphatic carbocycles. The van der Waals surface area contributed by atoms with Gasteiger partial charge < -0.3 is 30.4 Å². The summed E-state index contributed by atoms with van der Waals surface area (Å²) in [7, 11) is 3.29. The van der Waals surface area contributed by atoms with E-state index in [1.54, 1.807) is 20.2 Å². The number of ether oxygens (including phenoxy) is 3. The Hall–Kier alpha value is -5.16. The number of rotatable bonds is 10. The predicted molar refractivity (Wildman–Crippen MR) is 196 cm³/mol. The second-order valence-electron chi connectivity index (χ2n) is 12.6. The normalized spacial score (nSPS) is 15.3. The molecule has 0 amide bonds. The summed E-state index contributed by atoms with van der Waals surface area (Å²) in [5.41, 5.74) is 10.8. The summed E-state index contributed by atoms with van der Waals surface area (Å²) in [5, 5.41) is 15.7. The van der Waals surface area contributed by atoms with Crippen LogP contribution in [0.5, 0.6) is 17.2 Å². The molecule has 0 saturated carbocycles. The highest BCUT2D eigenvalue weighted by Gasteiger charge is 2.16. The van der Waals surface area contributed by atoms with Gasteiger partial charge in [-0.1, -0.05) is 61.6 Å². The Kier molecular flexibility index (Phi) is 12.8. The molecule has 6 bridgehead atoms. The Morgan fingerprint density at radius 1 is 1.00 bits per heavy atom. The van der Waals surface area contributed by atoms with Gasteiger partial charge in [-0.15, -0.1) is 0 Å². The van der Waals surface area contributed by atoms with E-state index in [-0.39, 0.29) is 17.6 Å². The van der Waals surface area contributed by atoms with Crippen molar-refractivity contribution in [2.45, 2.75) is 83.3 Å². The van der Waals surface area contributed by atoms with Crippen LogP contribution in [0.4, 0.5) is 5.69 Å². The zero-order valence-electron chi connectivity index (χ0n) is 28.6. The monoisotopic (exact) mass is 661 g/mol. The van der Waals surface area contributed by atoms with Gasteiger partial charge >= 0.3 is 0 Å². The number of benzene rings is 4. The average Bonchev–Trinajstić information content (AvgIpc) is 3.11. The lowest BCUT2D eigenvalue weighted by molar-refractivity contribution is -0.121. The largest absolute Gasteiger partial charge is 0.508 e. The molecular weight excluding hydrogens is 614 g/mol. The fourth-order valence-corrected chi connectivity index (χ4v) is 6.19. The van der Waals surface area contributed by atoms with E-state index >= 15 is 0 Å². The van der Waals surface area contributed by atoms with Gasteiger partial charge in [0, 0.05) is 37.6 Å². The zero-order chi connectivity index (χ0) is 34.4. The minimum Gasteiger partial charge on any atom is -0.508 e. The summed E-state index contributed by atoms with van der Waals surface area (Å²) in [6.07, 6.45) is 11.4. The van der Waals surface area contributed by atoms with E-state index < -0.39 is 0 Å². The number of phenols is 1. The van der Waals surface area contributed by atoms with Gasteiger partial charge in [-0.05, 0) is 96.0 Å². The highest BCUT2D eigenvalue weighted by Crippen LogP contribution is 2.32. The van der Waals surface area contributed by atoms with Gasteiger partial charge in [-0.2, -0.15) is 0 Å². The number of guanidine groups is 1. The van der Waals surface area contributed by atoms with Crippen LogP contribution in [0.1, 0.15) is 73.6 Å². The first-order chi connectivity index (χ1) is 23.9. The van der Waals surface area contributed by atoms with E-state index in [1.165, 1.54) is 5.56 Å². The molecule has 49 heavy (non-hydrogen) atoms. The number of hydrogen-bond donors (Lipinski definition) is 3. The first-order valence-corrected chi connectivity index (χ1v) is 17.2. The third-order valence-electron chi connectivity index (χ3n) is 8.94. The number of fused-ring (bicyclic) bond motifs is 9. The van der Waals surface area contributed by atoms with Crippen LogP contribution in [0.3, 0.4) is 0 Å². The molecule has 4 aromatic carbocycles. The molecule has 4 N–H and O–H groups in total. The molecule has 0 radical (unpaired) electrons. The predicted octanol–water partition coefficient (Wildman–Crippen LogP) is 7.87. The second kappa shape index (κ2) is 17.8. The van der Waals surface area contributed by atoms with Crippen LogP contribution in [0.25, 0.3) is 10.8 Å². The number of phenolic OH excluding ortho intramolecular Hbond substituents is 1. The van der Waals surface area contributed by atoms with E-state index in [4.69, 9.17) is 19.9 Å². The molecule has 0 saturated heterocycles. The summed E-state index contributed by atoms with van der Waals surface area (Å²) >= 11 is 0. The Labute approximate surface area is 289 Å². The molecule has 8 nitrogen and oxygen atoms in total. The molecule has 256 valence electrons. The number of hydrogen-bond acceptors (Lipinski definition) is 6. The maximum Gasteiger partial charge on any atom is 0.192 e. The number of methoxy groups -OCH3 is 1. The number of carbonyl (C=O) groups excluding carboxylic acids is 1. The van der Waals surface area contributed by atoms with Gasteiger partial charge in [0.25, 0.3) is 0 Å². The number of unbranched alkanes of at least 4 members (excludes halogenated alkanes) is 4. The van der Waals surface area contributed by atoms with Crippen LogP contribution in [-0.2, 0) is 35.4 Å². The van der Waals surface area contributed by atoms with Crippen LogP contribution < -0.4 is 20.5 Å². The van der Waals surface area contributed by atoms with Crippen LogP contribution in [0.2, 0.25) is 0 Å². The van der Waals surface area contributed by atoms with E-state index in [9.17, 15) is 9.90 Å². The van der Waals surface area contributed by atoms with Crippen LogP contribution >= 0.6 is 0 Å². The van der Waals surface area contributed by atoms with Crippen LogP contribution in [0, 0.1) is 12.0 Å². The first-order valence-electron chi connectivity index (χ1n) is 17.2. The van der Waals surface area contributed by atoms with Crippen molar-refractivity contribution in [2.75, 3.05) is 19.5 Å². The lowest BCUT2D eigenvalue weighted by Crippen LogP contribution is -2.21. The lowest BCUT2D eigenvalue weighted by atomic mass is 9.99. The molecule has 2 aliphatic rings. The zero-order valence-corrected chi connectivity index (χ0v) is 28.6. The highest BCUT2D eigenvalue weighted by molar-refractivity contribution is 5.92. The van der Waals surface area contributed by atoms with Gasteiger partial charge in [0.05, 0.1) is 7.11 Å². The summed E-state index contributed by atoms with van der Waals surface area (Å²) in [6, 6.07) is 23.8. The topological polar surface area (TPSA) is 115 Å². The minimum atomic E-state index is -0.283. The van der Waals surface area contributed by atoms with Gasteiger partial charge in [0.15, 0.2) is 17.5 Å². The summed E-state index contributed by atoms with van der Waals surface area (Å²) in [5.74, 6) is 5.13. The standard InChI is InChI=1S/C41H47N3O5/c1-43-41(42)44-33-12-8-11-29(25-33)10-6-4-3-5-7-13-35-27-34(45)19-15-30-17-22-39(47-2)40(26-30)49-28-31-16-20-36-32(24-31)18-21-38(46)37(36)14-9-23-48-35/h8,11-12,16-18,20-22,24-26,35,46H,3-7,10,13-15,19,27-28H2,1-2H3,(H3,42,43,44)/t35-/m0/s1. The fraction of sp³-hybridized carbons (Fsp3) is 0.366. The second-order valence-corrected chi connectivity index (χ2v) is 12.6. The molecule has 0 fully saturated rings. The molecule has 0 spiro atoms. The molecule has 8 heteroatoms. The number of Topliss-reactive ketones (excluding diaryl/α,β-unsaturated/α-hetero) is 1. The molecular formula is C41H47N3O5. The highest BCUT2D eigenvalue weighted by atomic mass is 16.5. The van der Waals surface area contributed by atoms with Crippen molar-refractivity contribution >= 4 is 28.2 Å². The Bertz CT molecular complexity index is 1820. The minimum absolute atomic E-state index is 0.145. The first kappa shape index (κ1) is 35.2. The number of aliphatic imine (C=N–C) groups is 1. The number of carbonyl (C=O) groups is 1. The maximum absolute atomic E-state index is 13.2. The quantitative estimate of drug-likeness (QED) is 0.0686. The summed E-state index contributed by atoms with van der Waals surface area (Å²) in [6.45, 7) is 0.358. The molecule has 0 unspecified atom stereocenters. The van der Waals surface area contributed by atoms with E-state index in [2.05, 4.69) is 40.5 Å². The van der Waals surface area contributed by atoms with Crippen molar-refractivity contribution in [2.24, 2.45) is 10.7 Å². The Morgan fingerprint density at radius 3 is 2.69 bits per heavy atom. The van der Waals surface area contributed by atoms with Crippen molar-refractivity contribution in [1.82, 2.24) is 0 Å². The number of nitrogens with one attached hydrogen (secondary N) is 1. The maximum atomic E-state index is 13.2. The SMILES string of the molecule is CN=C(N)Nc1cccc(CCCCCCC[C@H]2CC(=O)CCc3ccc(OC)c(c3)OCc3ccc4c(c(O)ccc4c3)CC#CO2)c1. The third kappa shape index (κ3) is 10.4. The molecule has 2 aliphatic heterocycles. The van der Waals surface area contributed by atoms with Crippen molar-refractivity contribution in [3.05, 3.63) is 95.1 Å². The van der Waals surface area contributed by atoms with E-state index in [0.717, 1.165) is 78.1 Å². The molecule has 1 atom stereocenters. The van der Waals surface area contributed by atoms with Crippen molar-refractivity contribution in [3.8, 4) is 29.3 Å². The number of aryl methyl sites for hydroxylation is 2. The number of nitrogens with zero attached hydrogens (tertiary/aromatic N) is 1. The summed E-state index contributed by atoms with van der Waals surface area (Å²) in [4.78, 5) is 17.1. The molecule has 6 rings (SSSR count). The van der Waals surface area contributed by atoms with E-state index in [1.807, 2.05) is 48.5 Å². The van der Waals surface area contributed by atoms with Gasteiger partial charge in [-0.25, -0.2) is 0 Å². The molecule has 2 heterocycles. The smallest absolute Gasteiger partial charge is 0.192 e. The van der Waals surface area contributed by atoms with Crippen molar-refractivity contribution < 1.29 is 24.1 Å². The Balaban J connectivity index is 1.21. The van der Waals surface area contributed by atoms with Gasteiger partial charge in [0.1, 0.15) is 30.4 Å². The van der Waals surface area contributed by atoms with Crippen LogP contribution in [-0.4, -0.2) is 37.1 Å². The number of anilines is 1. The van der Waals surface area contributed by atoms with Gasteiger partial charge in [-0.3, -0.25) is 9.79 Å². The average molecular weight is 662 g/mol. The molecule has 0 aromatic heterocycles. The lowest BCUT2D eigenvalue weighted by Gasteiger charge is -2.15. The summed E-state index contributed by atoms with van der Waals surface area (Å²) < 4.78 is 17.8.